The van der Waals surface area contributed by atoms with E-state index in [1.807, 2.05) is 0 Å². The average Bonchev–Trinajstić information content (AvgIpc) is 2.80. The molecule has 0 aliphatic carbocycles. The molecule has 3 fully saturated rings. The third-order valence-electron chi connectivity index (χ3n) is 6.37. The van der Waals surface area contributed by atoms with Gasteiger partial charge in [0.25, 0.3) is 0 Å². The smallest absolute Gasteiger partial charge is 0.217 e. The second-order valence-corrected chi connectivity index (χ2v) is 9.50. The van der Waals surface area contributed by atoms with Crippen LogP contribution in [0, 0.1) is 0 Å². The standard InChI is InChI=1S/C20H34ClNO13/c1-5-11(25)14(28)15(29)20(32-5)34-16-9(21)19(31-6(2)12(16)26)35-17-10(22-7(3)24)18(30)33-8(4-23)13(17)27/h5-6,8-20,23,25-30H,4H2,1-3H3,(H,22,24)/t5-,6-,8+,9+,10+,11-,12-,13+,14+,15+,16-,17+,18+,19-,20-/m0/s1. The number of aliphatic hydroxyl groups excluding tert-OH is 7. The summed E-state index contributed by atoms with van der Waals surface area (Å²) < 4.78 is 27.7. The highest BCUT2D eigenvalue weighted by Crippen LogP contribution is 2.34. The molecule has 35 heavy (non-hydrogen) atoms. The van der Waals surface area contributed by atoms with Gasteiger partial charge >= 0.3 is 0 Å². The Labute approximate surface area is 206 Å². The molecular weight excluding hydrogens is 498 g/mol. The fraction of sp³-hybridized carbons (Fsp3) is 0.950. The summed E-state index contributed by atoms with van der Waals surface area (Å²) in [5.41, 5.74) is 0. The monoisotopic (exact) mass is 531 g/mol. The molecular formula is C20H34ClNO13. The zero-order chi connectivity index (χ0) is 26.2. The summed E-state index contributed by atoms with van der Waals surface area (Å²) in [5.74, 6) is -0.559. The number of hydrogen-bond acceptors (Lipinski definition) is 13. The highest BCUT2D eigenvalue weighted by Gasteiger charge is 2.52. The molecule has 0 aromatic rings. The molecule has 0 saturated carbocycles. The van der Waals surface area contributed by atoms with E-state index >= 15 is 0 Å². The van der Waals surface area contributed by atoms with Gasteiger partial charge < -0.3 is 64.7 Å². The molecule has 204 valence electrons. The van der Waals surface area contributed by atoms with E-state index in [9.17, 15) is 40.5 Å². The second kappa shape index (κ2) is 11.8. The lowest BCUT2D eigenvalue weighted by Crippen LogP contribution is -2.67. The molecule has 0 aromatic carbocycles. The Bertz CT molecular complexity index is 721. The largest absolute Gasteiger partial charge is 0.394 e. The summed E-state index contributed by atoms with van der Waals surface area (Å²) in [4.78, 5) is 11.6. The van der Waals surface area contributed by atoms with Crippen LogP contribution in [0.25, 0.3) is 0 Å². The SMILES string of the molecule is CC(=O)N[C@@H]1[C@@H](O[C@@H]2O[C@@H](C)[C@H](O)[C@@H](O[C@@H]3O[C@@H](C)[C@H](O)[C@@H](O)[C@H]3O)[C@H]2Cl)[C@H](O)[C@@H](CO)O[C@H]1O. The van der Waals surface area contributed by atoms with Crippen molar-refractivity contribution in [3.8, 4) is 0 Å². The third-order valence-corrected chi connectivity index (χ3v) is 6.83. The molecule has 3 aliphatic rings. The minimum Gasteiger partial charge on any atom is -0.394 e. The van der Waals surface area contributed by atoms with Crippen molar-refractivity contribution >= 4 is 17.5 Å². The minimum absolute atomic E-state index is 0.559. The van der Waals surface area contributed by atoms with Crippen molar-refractivity contribution in [2.75, 3.05) is 6.61 Å². The number of carbonyl (C=O) groups excluding carboxylic acids is 1. The first-order valence-corrected chi connectivity index (χ1v) is 11.7. The fourth-order valence-electron chi connectivity index (χ4n) is 4.31. The number of nitrogens with one attached hydrogen (secondary N) is 1. The third kappa shape index (κ3) is 6.06. The molecule has 0 radical (unpaired) electrons. The van der Waals surface area contributed by atoms with Crippen LogP contribution in [-0.2, 0) is 28.5 Å². The van der Waals surface area contributed by atoms with Crippen molar-refractivity contribution in [3.05, 3.63) is 0 Å². The molecule has 0 spiro atoms. The van der Waals surface area contributed by atoms with E-state index in [0.29, 0.717) is 0 Å². The number of halogens is 1. The summed E-state index contributed by atoms with van der Waals surface area (Å²) in [5, 5.41) is 72.4. The van der Waals surface area contributed by atoms with Gasteiger partial charge in [0.2, 0.25) is 5.91 Å². The first-order chi connectivity index (χ1) is 16.4. The maximum atomic E-state index is 11.6. The molecule has 1 amide bonds. The lowest BCUT2D eigenvalue weighted by molar-refractivity contribution is -0.343. The van der Waals surface area contributed by atoms with Gasteiger partial charge in [0, 0.05) is 6.92 Å². The van der Waals surface area contributed by atoms with Gasteiger partial charge in [0.1, 0.15) is 60.3 Å². The molecule has 15 atom stereocenters. The van der Waals surface area contributed by atoms with E-state index in [-0.39, 0.29) is 0 Å². The molecule has 3 aliphatic heterocycles. The molecule has 3 saturated heterocycles. The van der Waals surface area contributed by atoms with E-state index in [1.54, 1.807) is 0 Å². The van der Waals surface area contributed by atoms with E-state index < -0.39 is 104 Å². The van der Waals surface area contributed by atoms with Crippen molar-refractivity contribution in [3.63, 3.8) is 0 Å². The van der Waals surface area contributed by atoms with Crippen LogP contribution in [0.4, 0.5) is 0 Å². The van der Waals surface area contributed by atoms with Crippen LogP contribution in [0.3, 0.4) is 0 Å². The number of carbonyl (C=O) groups is 1. The molecule has 15 heteroatoms. The van der Waals surface area contributed by atoms with Crippen molar-refractivity contribution < 1.29 is 64.2 Å². The van der Waals surface area contributed by atoms with Crippen LogP contribution in [0.2, 0.25) is 0 Å². The lowest BCUT2D eigenvalue weighted by Gasteiger charge is -2.48. The van der Waals surface area contributed by atoms with Crippen molar-refractivity contribution in [2.24, 2.45) is 0 Å². The van der Waals surface area contributed by atoms with Gasteiger partial charge in [-0.05, 0) is 13.8 Å². The van der Waals surface area contributed by atoms with E-state index in [2.05, 4.69) is 5.32 Å². The van der Waals surface area contributed by atoms with Crippen LogP contribution in [0.1, 0.15) is 20.8 Å². The molecule has 0 aromatic heterocycles. The fourth-order valence-corrected chi connectivity index (χ4v) is 4.64. The quantitative estimate of drug-likeness (QED) is 0.153. The number of ether oxygens (including phenoxy) is 5. The Hall–Kier alpha value is -0.720. The molecule has 0 unspecified atom stereocenters. The van der Waals surface area contributed by atoms with E-state index in [1.165, 1.54) is 20.8 Å². The van der Waals surface area contributed by atoms with Gasteiger partial charge in [-0.1, -0.05) is 0 Å². The van der Waals surface area contributed by atoms with Crippen LogP contribution in [0.5, 0.6) is 0 Å². The predicted molar refractivity (Wildman–Crippen MR) is 114 cm³/mol. The van der Waals surface area contributed by atoms with Crippen LogP contribution >= 0.6 is 11.6 Å². The lowest BCUT2D eigenvalue weighted by atomic mass is 9.95. The molecule has 3 rings (SSSR count). The van der Waals surface area contributed by atoms with Crippen molar-refractivity contribution in [1.82, 2.24) is 5.32 Å². The highest BCUT2D eigenvalue weighted by molar-refractivity contribution is 6.21. The predicted octanol–water partition coefficient (Wildman–Crippen LogP) is -4.13. The molecule has 14 nitrogen and oxygen atoms in total. The molecule has 8 N–H and O–H groups in total. The van der Waals surface area contributed by atoms with Crippen LogP contribution in [0.15, 0.2) is 0 Å². The summed E-state index contributed by atoms with van der Waals surface area (Å²) in [6, 6.07) is -1.26. The summed E-state index contributed by atoms with van der Waals surface area (Å²) in [7, 11) is 0. The average molecular weight is 532 g/mol. The Balaban J connectivity index is 1.79. The van der Waals surface area contributed by atoms with Gasteiger partial charge in [0.15, 0.2) is 18.9 Å². The number of aliphatic hydroxyl groups is 7. The Morgan fingerprint density at radius 1 is 0.829 bits per heavy atom. The summed E-state index contributed by atoms with van der Waals surface area (Å²) in [6.45, 7) is 3.46. The van der Waals surface area contributed by atoms with Gasteiger partial charge in [-0.15, -0.1) is 11.6 Å². The number of alkyl halides is 1. The van der Waals surface area contributed by atoms with Gasteiger partial charge in [-0.3, -0.25) is 4.79 Å². The maximum Gasteiger partial charge on any atom is 0.217 e. The van der Waals surface area contributed by atoms with Gasteiger partial charge in [0.05, 0.1) is 18.8 Å². The first kappa shape index (κ1) is 28.8. The Kier molecular flexibility index (Phi) is 9.70. The Morgan fingerprint density at radius 3 is 2.00 bits per heavy atom. The van der Waals surface area contributed by atoms with Crippen molar-refractivity contribution in [2.45, 2.75) is 112 Å². The van der Waals surface area contributed by atoms with Crippen LogP contribution < -0.4 is 5.32 Å². The zero-order valence-electron chi connectivity index (χ0n) is 19.3. The van der Waals surface area contributed by atoms with Crippen LogP contribution in [-0.4, -0.2) is 140 Å². The minimum atomic E-state index is -1.66. The highest BCUT2D eigenvalue weighted by atomic mass is 35.5. The summed E-state index contributed by atoms with van der Waals surface area (Å²) in [6.07, 6.45) is -17.7. The number of amides is 1. The Morgan fingerprint density at radius 2 is 1.40 bits per heavy atom. The van der Waals surface area contributed by atoms with Gasteiger partial charge in [-0.25, -0.2) is 0 Å². The normalized spacial score (nSPS) is 51.1. The van der Waals surface area contributed by atoms with E-state index in [4.69, 9.17) is 35.3 Å². The summed E-state index contributed by atoms with van der Waals surface area (Å²) >= 11 is 6.51. The molecule has 3 heterocycles. The van der Waals surface area contributed by atoms with Gasteiger partial charge in [-0.2, -0.15) is 0 Å². The van der Waals surface area contributed by atoms with Crippen molar-refractivity contribution in [1.29, 1.82) is 0 Å². The molecule has 0 bridgehead atoms. The van der Waals surface area contributed by atoms with E-state index in [0.717, 1.165) is 0 Å². The first-order valence-electron chi connectivity index (χ1n) is 11.2. The number of hydrogen-bond donors (Lipinski definition) is 8. The zero-order valence-corrected chi connectivity index (χ0v) is 20.1. The second-order valence-electron chi connectivity index (χ2n) is 8.99. The maximum absolute atomic E-state index is 11.6. The number of rotatable bonds is 6. The topological polar surface area (TPSA) is 217 Å².